The van der Waals surface area contributed by atoms with E-state index in [1.54, 1.807) is 0 Å². The summed E-state index contributed by atoms with van der Waals surface area (Å²) >= 11 is 0. The van der Waals surface area contributed by atoms with Crippen molar-refractivity contribution in [3.8, 4) is 0 Å². The van der Waals surface area contributed by atoms with Crippen LogP contribution in [0.3, 0.4) is 0 Å². The van der Waals surface area contributed by atoms with E-state index in [0.29, 0.717) is 0 Å². The molecular weight excluding hydrogens is 176 g/mol. The van der Waals surface area contributed by atoms with E-state index in [9.17, 15) is 0 Å². The van der Waals surface area contributed by atoms with Gasteiger partial charge in [0.2, 0.25) is 0 Å². The molecule has 0 amide bonds. The third-order valence-corrected chi connectivity index (χ3v) is 2.85. The van der Waals surface area contributed by atoms with Crippen LogP contribution in [-0.4, -0.2) is 28.1 Å². The van der Waals surface area contributed by atoms with Crippen LogP contribution in [0.15, 0.2) is 6.20 Å². The predicted molar refractivity (Wildman–Crippen MR) is 55.0 cm³/mol. The van der Waals surface area contributed by atoms with E-state index in [0.717, 1.165) is 37.7 Å². The molecule has 1 N–H and O–H groups in total. The highest BCUT2D eigenvalue weighted by Gasteiger charge is 2.13. The number of hydrogen-bond donors (Lipinski definition) is 1. The number of nitrogens with zero attached hydrogens (tertiary/aromatic N) is 3. The third kappa shape index (κ3) is 2.32. The van der Waals surface area contributed by atoms with Crippen LogP contribution >= 0.6 is 0 Å². The molecule has 0 spiro atoms. The van der Waals surface area contributed by atoms with Gasteiger partial charge in [0.25, 0.3) is 0 Å². The Hall–Kier alpha value is -0.900. The van der Waals surface area contributed by atoms with E-state index in [1.807, 2.05) is 4.68 Å². The molecule has 2 heterocycles. The summed E-state index contributed by atoms with van der Waals surface area (Å²) in [6.07, 6.45) is 5.58. The van der Waals surface area contributed by atoms with Crippen molar-refractivity contribution >= 4 is 0 Å². The van der Waals surface area contributed by atoms with Crippen molar-refractivity contribution in [2.75, 3.05) is 13.1 Å². The maximum absolute atomic E-state index is 4.13. The summed E-state index contributed by atoms with van der Waals surface area (Å²) in [4.78, 5) is 0. The zero-order chi connectivity index (χ0) is 9.80. The molecule has 2 rings (SSSR count). The summed E-state index contributed by atoms with van der Waals surface area (Å²) < 4.78 is 1.99. The molecule has 1 aromatic rings. The largest absolute Gasteiger partial charge is 0.317 e. The van der Waals surface area contributed by atoms with E-state index in [4.69, 9.17) is 0 Å². The lowest BCUT2D eigenvalue weighted by atomic mass is 9.98. The van der Waals surface area contributed by atoms with Crippen LogP contribution in [0.25, 0.3) is 0 Å². The minimum Gasteiger partial charge on any atom is -0.317 e. The Labute approximate surface area is 84.7 Å². The molecule has 0 aliphatic carbocycles. The average molecular weight is 194 g/mol. The molecule has 4 heteroatoms. The first-order valence-electron chi connectivity index (χ1n) is 5.48. The van der Waals surface area contributed by atoms with Crippen molar-refractivity contribution in [2.45, 2.75) is 32.7 Å². The van der Waals surface area contributed by atoms with Gasteiger partial charge in [-0.15, -0.1) is 5.10 Å². The van der Waals surface area contributed by atoms with Gasteiger partial charge in [-0.3, -0.25) is 4.68 Å². The highest BCUT2D eigenvalue weighted by Crippen LogP contribution is 2.13. The summed E-state index contributed by atoms with van der Waals surface area (Å²) in [6, 6.07) is 0. The quantitative estimate of drug-likeness (QED) is 0.775. The number of hydrogen-bond acceptors (Lipinski definition) is 3. The molecule has 14 heavy (non-hydrogen) atoms. The Morgan fingerprint density at radius 3 is 2.93 bits per heavy atom. The first-order valence-corrected chi connectivity index (χ1v) is 5.48. The molecule has 1 aliphatic rings. The molecule has 1 aromatic heterocycles. The zero-order valence-electron chi connectivity index (χ0n) is 8.74. The highest BCUT2D eigenvalue weighted by atomic mass is 15.4. The van der Waals surface area contributed by atoms with Crippen LogP contribution in [0, 0.1) is 5.92 Å². The zero-order valence-corrected chi connectivity index (χ0v) is 8.74. The number of rotatable bonds is 3. The second-order valence-electron chi connectivity index (χ2n) is 3.98. The SMILES string of the molecule is CCc1cn(CC2CCNCC2)nn1. The second kappa shape index (κ2) is 4.55. The molecule has 0 bridgehead atoms. The van der Waals surface area contributed by atoms with Gasteiger partial charge in [-0.05, 0) is 38.3 Å². The van der Waals surface area contributed by atoms with Crippen LogP contribution < -0.4 is 5.32 Å². The number of piperidine rings is 1. The van der Waals surface area contributed by atoms with Gasteiger partial charge in [-0.1, -0.05) is 12.1 Å². The van der Waals surface area contributed by atoms with Crippen molar-refractivity contribution in [3.05, 3.63) is 11.9 Å². The number of aryl methyl sites for hydroxylation is 1. The van der Waals surface area contributed by atoms with Gasteiger partial charge in [-0.25, -0.2) is 0 Å². The van der Waals surface area contributed by atoms with Gasteiger partial charge in [0, 0.05) is 12.7 Å². The second-order valence-corrected chi connectivity index (χ2v) is 3.98. The van der Waals surface area contributed by atoms with E-state index in [-0.39, 0.29) is 0 Å². The number of aromatic nitrogens is 3. The lowest BCUT2D eigenvalue weighted by molar-refractivity contribution is 0.318. The fourth-order valence-corrected chi connectivity index (χ4v) is 1.92. The molecule has 1 saturated heterocycles. The topological polar surface area (TPSA) is 42.7 Å². The third-order valence-electron chi connectivity index (χ3n) is 2.85. The van der Waals surface area contributed by atoms with Crippen molar-refractivity contribution in [1.82, 2.24) is 20.3 Å². The van der Waals surface area contributed by atoms with Crippen LogP contribution in [-0.2, 0) is 13.0 Å². The summed E-state index contributed by atoms with van der Waals surface area (Å²) in [7, 11) is 0. The monoisotopic (exact) mass is 194 g/mol. The van der Waals surface area contributed by atoms with Gasteiger partial charge >= 0.3 is 0 Å². The maximum Gasteiger partial charge on any atom is 0.0824 e. The van der Waals surface area contributed by atoms with Crippen molar-refractivity contribution in [3.63, 3.8) is 0 Å². The molecule has 0 unspecified atom stereocenters. The normalized spacial score (nSPS) is 18.6. The average Bonchev–Trinajstić information content (AvgIpc) is 2.67. The van der Waals surface area contributed by atoms with Crippen LogP contribution in [0.2, 0.25) is 0 Å². The summed E-state index contributed by atoms with van der Waals surface area (Å²) in [5.41, 5.74) is 1.10. The minimum absolute atomic E-state index is 0.780. The molecular formula is C10H18N4. The molecule has 0 atom stereocenters. The van der Waals surface area contributed by atoms with E-state index < -0.39 is 0 Å². The first-order chi connectivity index (χ1) is 6.88. The van der Waals surface area contributed by atoms with Crippen molar-refractivity contribution in [1.29, 1.82) is 0 Å². The number of nitrogens with one attached hydrogen (secondary N) is 1. The van der Waals surface area contributed by atoms with Crippen molar-refractivity contribution in [2.24, 2.45) is 5.92 Å². The van der Waals surface area contributed by atoms with Gasteiger partial charge in [0.1, 0.15) is 0 Å². The fourth-order valence-electron chi connectivity index (χ4n) is 1.92. The molecule has 4 nitrogen and oxygen atoms in total. The highest BCUT2D eigenvalue weighted by molar-refractivity contribution is 4.91. The molecule has 1 fully saturated rings. The maximum atomic E-state index is 4.13. The van der Waals surface area contributed by atoms with Gasteiger partial charge in [0.05, 0.1) is 5.69 Å². The Balaban J connectivity index is 1.89. The minimum atomic E-state index is 0.780. The molecule has 0 radical (unpaired) electrons. The predicted octanol–water partition coefficient (Wildman–Crippen LogP) is 0.840. The summed E-state index contributed by atoms with van der Waals surface area (Å²) in [5.74, 6) is 0.780. The van der Waals surface area contributed by atoms with Gasteiger partial charge in [0.15, 0.2) is 0 Å². The smallest absolute Gasteiger partial charge is 0.0824 e. The Kier molecular flexibility index (Phi) is 3.14. The van der Waals surface area contributed by atoms with Crippen LogP contribution in [0.4, 0.5) is 0 Å². The standard InChI is InChI=1S/C10H18N4/c1-2-10-8-14(13-12-10)7-9-3-5-11-6-4-9/h8-9,11H,2-7H2,1H3. The Bertz CT molecular complexity index is 275. The Morgan fingerprint density at radius 2 is 2.29 bits per heavy atom. The molecule has 78 valence electrons. The molecule has 0 aromatic carbocycles. The summed E-state index contributed by atoms with van der Waals surface area (Å²) in [6.45, 7) is 5.45. The summed E-state index contributed by atoms with van der Waals surface area (Å²) in [5, 5.41) is 11.6. The van der Waals surface area contributed by atoms with Crippen LogP contribution in [0.5, 0.6) is 0 Å². The van der Waals surface area contributed by atoms with Crippen LogP contribution in [0.1, 0.15) is 25.5 Å². The fraction of sp³-hybridized carbons (Fsp3) is 0.800. The Morgan fingerprint density at radius 1 is 1.50 bits per heavy atom. The molecule has 0 saturated carbocycles. The first kappa shape index (κ1) is 9.65. The lowest BCUT2D eigenvalue weighted by Crippen LogP contribution is -2.30. The van der Waals surface area contributed by atoms with E-state index >= 15 is 0 Å². The molecule has 1 aliphatic heterocycles. The van der Waals surface area contributed by atoms with Gasteiger partial charge in [-0.2, -0.15) is 0 Å². The lowest BCUT2D eigenvalue weighted by Gasteiger charge is -2.21. The van der Waals surface area contributed by atoms with Crippen molar-refractivity contribution < 1.29 is 0 Å². The van der Waals surface area contributed by atoms with E-state index in [1.165, 1.54) is 12.8 Å². The van der Waals surface area contributed by atoms with Gasteiger partial charge < -0.3 is 5.32 Å². The van der Waals surface area contributed by atoms with E-state index in [2.05, 4.69) is 28.7 Å².